The fraction of sp³-hybridized carbons (Fsp3) is 0.375. The minimum Gasteiger partial charge on any atom is -0.486 e. The lowest BCUT2D eigenvalue weighted by atomic mass is 10.1. The molecule has 1 atom stereocenters. The lowest BCUT2D eigenvalue weighted by molar-refractivity contribution is -0.139. The molecule has 2 amide bonds. The van der Waals surface area contributed by atoms with Gasteiger partial charge in [-0.05, 0) is 48.6 Å². The molecule has 0 aromatic heterocycles. The average Bonchev–Trinajstić information content (AvgIpc) is 3.01. The Bertz CT molecular complexity index is 1450. The molecular formula is C32H39N3O6S. The van der Waals surface area contributed by atoms with Gasteiger partial charge in [0.25, 0.3) is 10.0 Å². The summed E-state index contributed by atoms with van der Waals surface area (Å²) in [6.45, 7) is 6.79. The van der Waals surface area contributed by atoms with E-state index in [1.165, 1.54) is 17.0 Å². The van der Waals surface area contributed by atoms with Crippen molar-refractivity contribution in [1.82, 2.24) is 10.2 Å². The van der Waals surface area contributed by atoms with Crippen LogP contribution in [0.5, 0.6) is 11.5 Å². The molecule has 42 heavy (non-hydrogen) atoms. The predicted molar refractivity (Wildman–Crippen MR) is 162 cm³/mol. The zero-order valence-electron chi connectivity index (χ0n) is 24.4. The van der Waals surface area contributed by atoms with E-state index in [1.54, 1.807) is 36.4 Å². The molecule has 3 aromatic rings. The van der Waals surface area contributed by atoms with E-state index in [-0.39, 0.29) is 29.0 Å². The van der Waals surface area contributed by atoms with Gasteiger partial charge in [0.1, 0.15) is 25.8 Å². The summed E-state index contributed by atoms with van der Waals surface area (Å²) >= 11 is 0. The van der Waals surface area contributed by atoms with Crippen LogP contribution in [0.25, 0.3) is 0 Å². The van der Waals surface area contributed by atoms with Gasteiger partial charge in [-0.3, -0.25) is 13.9 Å². The molecule has 9 nitrogen and oxygen atoms in total. The van der Waals surface area contributed by atoms with Crippen molar-refractivity contribution in [3.8, 4) is 11.5 Å². The zero-order valence-corrected chi connectivity index (χ0v) is 25.2. The van der Waals surface area contributed by atoms with Crippen LogP contribution in [0.1, 0.15) is 32.8 Å². The molecule has 0 fully saturated rings. The Hall–Kier alpha value is -4.05. The van der Waals surface area contributed by atoms with Gasteiger partial charge in [0, 0.05) is 19.2 Å². The first kappa shape index (κ1) is 30.9. The molecule has 0 spiro atoms. The molecule has 1 unspecified atom stereocenters. The molecule has 1 N–H and O–H groups in total. The fourth-order valence-corrected chi connectivity index (χ4v) is 6.18. The van der Waals surface area contributed by atoms with Crippen molar-refractivity contribution in [3.05, 3.63) is 84.4 Å². The van der Waals surface area contributed by atoms with E-state index in [1.807, 2.05) is 51.1 Å². The van der Waals surface area contributed by atoms with Crippen molar-refractivity contribution in [3.63, 3.8) is 0 Å². The quantitative estimate of drug-likeness (QED) is 0.317. The highest BCUT2D eigenvalue weighted by molar-refractivity contribution is 7.92. The third-order valence-corrected chi connectivity index (χ3v) is 8.77. The second kappa shape index (κ2) is 14.2. The lowest BCUT2D eigenvalue weighted by Crippen LogP contribution is -2.53. The summed E-state index contributed by atoms with van der Waals surface area (Å²) in [7, 11) is -4.16. The van der Waals surface area contributed by atoms with Crippen LogP contribution < -0.4 is 19.1 Å². The van der Waals surface area contributed by atoms with Crippen LogP contribution in [0.3, 0.4) is 0 Å². The number of hydrogen-bond donors (Lipinski definition) is 1. The number of sulfonamides is 1. The van der Waals surface area contributed by atoms with Crippen LogP contribution >= 0.6 is 0 Å². The maximum absolute atomic E-state index is 14.1. The van der Waals surface area contributed by atoms with E-state index in [0.717, 1.165) is 9.87 Å². The molecule has 0 saturated heterocycles. The Labute approximate surface area is 248 Å². The number of carbonyl (C=O) groups excluding carboxylic acids is 2. The van der Waals surface area contributed by atoms with Crippen LogP contribution in [0.15, 0.2) is 83.8 Å². The third kappa shape index (κ3) is 7.61. The summed E-state index contributed by atoms with van der Waals surface area (Å²) in [6.07, 6.45) is 0.885. The normalized spacial score (nSPS) is 13.3. The van der Waals surface area contributed by atoms with Gasteiger partial charge in [-0.1, -0.05) is 69.3 Å². The number of rotatable bonds is 13. The highest BCUT2D eigenvalue weighted by Crippen LogP contribution is 2.36. The number of ether oxygens (including phenoxy) is 2. The molecule has 0 saturated carbocycles. The molecule has 1 aliphatic rings. The fourth-order valence-electron chi connectivity index (χ4n) is 4.75. The molecule has 3 aromatic carbocycles. The van der Waals surface area contributed by atoms with E-state index in [9.17, 15) is 18.0 Å². The van der Waals surface area contributed by atoms with Gasteiger partial charge in [0.15, 0.2) is 11.5 Å². The number of carbonyl (C=O) groups is 2. The molecule has 0 bridgehead atoms. The molecular weight excluding hydrogens is 554 g/mol. The lowest BCUT2D eigenvalue weighted by Gasteiger charge is -2.33. The molecule has 1 aliphatic heterocycles. The molecule has 1 heterocycles. The van der Waals surface area contributed by atoms with Crippen molar-refractivity contribution < 1.29 is 27.5 Å². The second-order valence-electron chi connectivity index (χ2n) is 10.5. The van der Waals surface area contributed by atoms with E-state index >= 15 is 0 Å². The Morgan fingerprint density at radius 1 is 0.905 bits per heavy atom. The Balaban J connectivity index is 1.70. The van der Waals surface area contributed by atoms with Crippen molar-refractivity contribution in [2.45, 2.75) is 44.6 Å². The molecule has 4 rings (SSSR count). The number of hydrogen-bond acceptors (Lipinski definition) is 6. The van der Waals surface area contributed by atoms with Gasteiger partial charge in [0.05, 0.1) is 10.6 Å². The third-order valence-electron chi connectivity index (χ3n) is 6.98. The van der Waals surface area contributed by atoms with Crippen LogP contribution in [0, 0.1) is 5.92 Å². The van der Waals surface area contributed by atoms with Crippen molar-refractivity contribution >= 4 is 27.5 Å². The van der Waals surface area contributed by atoms with Crippen LogP contribution in [-0.4, -0.2) is 64.0 Å². The minimum atomic E-state index is -4.16. The molecule has 10 heteroatoms. The van der Waals surface area contributed by atoms with Crippen molar-refractivity contribution in [1.29, 1.82) is 0 Å². The summed E-state index contributed by atoms with van der Waals surface area (Å²) in [5, 5.41) is 2.95. The minimum absolute atomic E-state index is 0.0465. The van der Waals surface area contributed by atoms with Gasteiger partial charge in [0.2, 0.25) is 11.8 Å². The van der Waals surface area contributed by atoms with E-state index < -0.39 is 28.5 Å². The summed E-state index contributed by atoms with van der Waals surface area (Å²) in [6, 6.07) is 21.7. The smallest absolute Gasteiger partial charge is 0.264 e. The SMILES string of the molecule is CCC(C(=O)NCC(C)C)N(CCc1ccccc1)C(=O)CN(c1ccc2c(c1)OCCO2)S(=O)(=O)c1ccccc1. The number of fused-ring (bicyclic) bond motifs is 1. The number of nitrogens with zero attached hydrogens (tertiary/aromatic N) is 2. The molecule has 224 valence electrons. The summed E-state index contributed by atoms with van der Waals surface area (Å²) in [4.78, 5) is 29.0. The highest BCUT2D eigenvalue weighted by atomic mass is 32.2. The van der Waals surface area contributed by atoms with E-state index in [0.29, 0.717) is 44.1 Å². The van der Waals surface area contributed by atoms with Crippen molar-refractivity contribution in [2.24, 2.45) is 5.92 Å². The van der Waals surface area contributed by atoms with Crippen LogP contribution in [0.2, 0.25) is 0 Å². The summed E-state index contributed by atoms with van der Waals surface area (Å²) < 4.78 is 40.4. The van der Waals surface area contributed by atoms with Gasteiger partial charge in [-0.15, -0.1) is 0 Å². The van der Waals surface area contributed by atoms with Crippen molar-refractivity contribution in [2.75, 3.05) is 37.2 Å². The number of benzene rings is 3. The van der Waals surface area contributed by atoms with Gasteiger partial charge >= 0.3 is 0 Å². The number of amides is 2. The maximum atomic E-state index is 14.1. The maximum Gasteiger partial charge on any atom is 0.264 e. The zero-order chi connectivity index (χ0) is 30.1. The van der Waals surface area contributed by atoms with Crippen LogP contribution in [-0.2, 0) is 26.0 Å². The van der Waals surface area contributed by atoms with Gasteiger partial charge < -0.3 is 19.7 Å². The van der Waals surface area contributed by atoms with E-state index in [4.69, 9.17) is 9.47 Å². The standard InChI is InChI=1S/C32H39N3O6S/c1-4-28(32(37)33-22-24(2)3)34(18-17-25-11-7-5-8-12-25)31(36)23-35(42(38,39)27-13-9-6-10-14-27)26-15-16-29-30(21-26)41-20-19-40-29/h5-16,21,24,28H,4,17-20,22-23H2,1-3H3,(H,33,37). The van der Waals surface area contributed by atoms with E-state index in [2.05, 4.69) is 5.32 Å². The van der Waals surface area contributed by atoms with Crippen LogP contribution in [0.4, 0.5) is 5.69 Å². The Morgan fingerprint density at radius 3 is 2.19 bits per heavy atom. The predicted octanol–water partition coefficient (Wildman–Crippen LogP) is 4.28. The first-order valence-electron chi connectivity index (χ1n) is 14.3. The summed E-state index contributed by atoms with van der Waals surface area (Å²) in [5.41, 5.74) is 1.27. The first-order valence-corrected chi connectivity index (χ1v) is 15.7. The Kier molecular flexibility index (Phi) is 10.5. The molecule has 0 aliphatic carbocycles. The van der Waals surface area contributed by atoms with Gasteiger partial charge in [-0.2, -0.15) is 0 Å². The Morgan fingerprint density at radius 2 is 1.55 bits per heavy atom. The summed E-state index contributed by atoms with van der Waals surface area (Å²) in [5.74, 6) is 0.406. The number of nitrogens with one attached hydrogen (secondary N) is 1. The molecule has 0 radical (unpaired) electrons. The largest absolute Gasteiger partial charge is 0.486 e. The number of anilines is 1. The second-order valence-corrected chi connectivity index (χ2v) is 12.4. The van der Waals surface area contributed by atoms with Gasteiger partial charge in [-0.25, -0.2) is 8.42 Å². The first-order chi connectivity index (χ1) is 20.2. The monoisotopic (exact) mass is 593 g/mol. The average molecular weight is 594 g/mol. The highest BCUT2D eigenvalue weighted by Gasteiger charge is 2.34. The topological polar surface area (TPSA) is 105 Å².